The van der Waals surface area contributed by atoms with Crippen LogP contribution in [0.3, 0.4) is 0 Å². The predicted molar refractivity (Wildman–Crippen MR) is 42.2 cm³/mol. The Balaban J connectivity index is 2.36. The van der Waals surface area contributed by atoms with Gasteiger partial charge >= 0.3 is 6.18 Å². The van der Waals surface area contributed by atoms with Gasteiger partial charge in [0.05, 0.1) is 18.6 Å². The lowest BCUT2D eigenvalue weighted by Crippen LogP contribution is -2.38. The molecule has 0 bridgehead atoms. The standard InChI is InChI=1S/C8H14F3NO/c1-5-2-3-7(13-5)6(12)4-8(9,10)11/h5-7H,2-4,12H2,1H3. The summed E-state index contributed by atoms with van der Waals surface area (Å²) in [5.41, 5.74) is 5.38. The lowest BCUT2D eigenvalue weighted by atomic mass is 10.1. The van der Waals surface area contributed by atoms with Gasteiger partial charge in [0.15, 0.2) is 0 Å². The highest BCUT2D eigenvalue weighted by Crippen LogP contribution is 2.27. The molecule has 0 aromatic rings. The van der Waals surface area contributed by atoms with Crippen molar-refractivity contribution < 1.29 is 17.9 Å². The first-order valence-electron chi connectivity index (χ1n) is 4.36. The zero-order chi connectivity index (χ0) is 10.1. The van der Waals surface area contributed by atoms with Gasteiger partial charge in [0.2, 0.25) is 0 Å². The Labute approximate surface area is 75.2 Å². The van der Waals surface area contributed by atoms with Gasteiger partial charge in [-0.2, -0.15) is 13.2 Å². The summed E-state index contributed by atoms with van der Waals surface area (Å²) >= 11 is 0. The second-order valence-electron chi connectivity index (χ2n) is 3.55. The van der Waals surface area contributed by atoms with Crippen LogP contribution in [-0.4, -0.2) is 24.4 Å². The molecule has 1 fully saturated rings. The van der Waals surface area contributed by atoms with Gasteiger partial charge in [0.25, 0.3) is 0 Å². The Morgan fingerprint density at radius 3 is 2.46 bits per heavy atom. The normalized spacial score (nSPS) is 32.1. The first kappa shape index (κ1) is 10.8. The second kappa shape index (κ2) is 3.84. The van der Waals surface area contributed by atoms with E-state index in [9.17, 15) is 13.2 Å². The molecule has 0 spiro atoms. The van der Waals surface area contributed by atoms with Gasteiger partial charge in [0.1, 0.15) is 0 Å². The number of hydrogen-bond acceptors (Lipinski definition) is 2. The molecule has 1 heterocycles. The number of ether oxygens (including phenoxy) is 1. The average molecular weight is 197 g/mol. The molecule has 1 saturated heterocycles. The van der Waals surface area contributed by atoms with Gasteiger partial charge in [-0.15, -0.1) is 0 Å². The van der Waals surface area contributed by atoms with E-state index in [0.717, 1.165) is 6.42 Å². The van der Waals surface area contributed by atoms with Crippen LogP contribution < -0.4 is 5.73 Å². The van der Waals surface area contributed by atoms with Crippen LogP contribution >= 0.6 is 0 Å². The topological polar surface area (TPSA) is 35.2 Å². The molecule has 5 heteroatoms. The highest BCUT2D eigenvalue weighted by molar-refractivity contribution is 4.81. The van der Waals surface area contributed by atoms with Crippen LogP contribution in [0.5, 0.6) is 0 Å². The molecular weight excluding hydrogens is 183 g/mol. The number of hydrogen-bond donors (Lipinski definition) is 1. The first-order chi connectivity index (χ1) is 5.88. The average Bonchev–Trinajstić information content (AvgIpc) is 2.31. The third-order valence-electron chi connectivity index (χ3n) is 2.21. The predicted octanol–water partition coefficient (Wildman–Crippen LogP) is 1.83. The van der Waals surface area contributed by atoms with E-state index in [0.29, 0.717) is 6.42 Å². The minimum atomic E-state index is -4.19. The van der Waals surface area contributed by atoms with Crippen LogP contribution in [-0.2, 0) is 4.74 Å². The van der Waals surface area contributed by atoms with Crippen molar-refractivity contribution in [3.8, 4) is 0 Å². The highest BCUT2D eigenvalue weighted by atomic mass is 19.4. The second-order valence-corrected chi connectivity index (χ2v) is 3.55. The van der Waals surface area contributed by atoms with Crippen LogP contribution in [0.1, 0.15) is 26.2 Å². The van der Waals surface area contributed by atoms with Gasteiger partial charge in [-0.05, 0) is 19.8 Å². The van der Waals surface area contributed by atoms with Crippen molar-refractivity contribution in [3.63, 3.8) is 0 Å². The van der Waals surface area contributed by atoms with Crippen LogP contribution in [0.25, 0.3) is 0 Å². The van der Waals surface area contributed by atoms with Crippen LogP contribution in [0, 0.1) is 0 Å². The van der Waals surface area contributed by atoms with Crippen molar-refractivity contribution in [1.82, 2.24) is 0 Å². The van der Waals surface area contributed by atoms with E-state index in [1.54, 1.807) is 0 Å². The molecule has 0 aromatic heterocycles. The molecule has 0 amide bonds. The molecule has 3 unspecified atom stereocenters. The third kappa shape index (κ3) is 3.52. The van der Waals surface area contributed by atoms with E-state index < -0.39 is 24.7 Å². The van der Waals surface area contributed by atoms with Crippen LogP contribution in [0.2, 0.25) is 0 Å². The Hall–Kier alpha value is -0.290. The molecule has 0 aliphatic carbocycles. The monoisotopic (exact) mass is 197 g/mol. The van der Waals surface area contributed by atoms with E-state index in [-0.39, 0.29) is 6.10 Å². The van der Waals surface area contributed by atoms with Gasteiger partial charge in [-0.1, -0.05) is 0 Å². The van der Waals surface area contributed by atoms with Gasteiger partial charge in [-0.3, -0.25) is 0 Å². The Bertz CT molecular complexity index is 171. The van der Waals surface area contributed by atoms with Crippen molar-refractivity contribution in [2.75, 3.05) is 0 Å². The van der Waals surface area contributed by atoms with E-state index in [1.807, 2.05) is 6.92 Å². The van der Waals surface area contributed by atoms with Gasteiger partial charge < -0.3 is 10.5 Å². The highest BCUT2D eigenvalue weighted by Gasteiger charge is 2.36. The number of alkyl halides is 3. The zero-order valence-electron chi connectivity index (χ0n) is 7.47. The molecule has 1 aliphatic heterocycles. The van der Waals surface area contributed by atoms with Crippen molar-refractivity contribution in [1.29, 1.82) is 0 Å². The fourth-order valence-corrected chi connectivity index (χ4v) is 1.55. The molecule has 1 rings (SSSR count). The first-order valence-corrected chi connectivity index (χ1v) is 4.36. The van der Waals surface area contributed by atoms with Crippen LogP contribution in [0.4, 0.5) is 13.2 Å². The number of rotatable bonds is 2. The molecule has 0 saturated carbocycles. The van der Waals surface area contributed by atoms with Crippen molar-refractivity contribution in [2.24, 2.45) is 5.73 Å². The van der Waals surface area contributed by atoms with E-state index >= 15 is 0 Å². The lowest BCUT2D eigenvalue weighted by Gasteiger charge is -2.20. The Morgan fingerprint density at radius 1 is 1.46 bits per heavy atom. The molecule has 2 nitrogen and oxygen atoms in total. The summed E-state index contributed by atoms with van der Waals surface area (Å²) in [4.78, 5) is 0. The van der Waals surface area contributed by atoms with E-state index in [1.165, 1.54) is 0 Å². The number of halogens is 3. The molecular formula is C8H14F3NO. The Morgan fingerprint density at radius 2 is 2.08 bits per heavy atom. The number of nitrogens with two attached hydrogens (primary N) is 1. The summed E-state index contributed by atoms with van der Waals surface area (Å²) in [7, 11) is 0. The SMILES string of the molecule is CC1CCC(C(N)CC(F)(F)F)O1. The molecule has 13 heavy (non-hydrogen) atoms. The van der Waals surface area contributed by atoms with Crippen molar-refractivity contribution in [2.45, 2.75) is 50.6 Å². The zero-order valence-corrected chi connectivity index (χ0v) is 7.47. The van der Waals surface area contributed by atoms with E-state index in [4.69, 9.17) is 10.5 Å². The third-order valence-corrected chi connectivity index (χ3v) is 2.21. The lowest BCUT2D eigenvalue weighted by molar-refractivity contribution is -0.145. The summed E-state index contributed by atoms with van der Waals surface area (Å²) in [6.07, 6.45) is -4.07. The summed E-state index contributed by atoms with van der Waals surface area (Å²) in [5.74, 6) is 0. The molecule has 3 atom stereocenters. The summed E-state index contributed by atoms with van der Waals surface area (Å²) < 4.78 is 41.0. The quantitative estimate of drug-likeness (QED) is 0.733. The fraction of sp³-hybridized carbons (Fsp3) is 1.00. The van der Waals surface area contributed by atoms with Crippen LogP contribution in [0.15, 0.2) is 0 Å². The molecule has 0 aromatic carbocycles. The molecule has 1 aliphatic rings. The largest absolute Gasteiger partial charge is 0.390 e. The van der Waals surface area contributed by atoms with E-state index in [2.05, 4.69) is 0 Å². The maximum absolute atomic E-state index is 11.9. The Kier molecular flexibility index (Phi) is 3.18. The summed E-state index contributed by atoms with van der Waals surface area (Å²) in [5, 5.41) is 0. The smallest absolute Gasteiger partial charge is 0.374 e. The maximum atomic E-state index is 11.9. The maximum Gasteiger partial charge on any atom is 0.390 e. The van der Waals surface area contributed by atoms with Gasteiger partial charge in [-0.25, -0.2) is 0 Å². The van der Waals surface area contributed by atoms with Gasteiger partial charge in [0, 0.05) is 6.04 Å². The molecule has 0 radical (unpaired) electrons. The van der Waals surface area contributed by atoms with Crippen molar-refractivity contribution in [3.05, 3.63) is 0 Å². The van der Waals surface area contributed by atoms with Crippen molar-refractivity contribution >= 4 is 0 Å². The fourth-order valence-electron chi connectivity index (χ4n) is 1.55. The minimum Gasteiger partial charge on any atom is -0.374 e. The summed E-state index contributed by atoms with van der Waals surface area (Å²) in [6, 6.07) is -0.912. The minimum absolute atomic E-state index is 0.0456. The molecule has 78 valence electrons. The molecule has 2 N–H and O–H groups in total. The summed E-state index contributed by atoms with van der Waals surface area (Å²) in [6.45, 7) is 1.85.